The van der Waals surface area contributed by atoms with Crippen molar-refractivity contribution < 1.29 is 30.7 Å². The molecule has 1 fully saturated rings. The number of nitrogens with zero attached hydrogens (tertiary/aromatic N) is 2. The lowest BCUT2D eigenvalue weighted by Crippen LogP contribution is -2.50. The molecule has 2 aliphatic heterocycles. The number of anilines is 1. The first-order chi connectivity index (χ1) is 15.2. The fourth-order valence-corrected chi connectivity index (χ4v) is 6.10. The Morgan fingerprint density at radius 3 is 2.22 bits per heavy atom. The Hall–Kier alpha value is -2.41. The summed E-state index contributed by atoms with van der Waals surface area (Å²) in [6.45, 7) is 1.95. The summed E-state index contributed by atoms with van der Waals surface area (Å²) in [5, 5.41) is 0. The summed E-state index contributed by atoms with van der Waals surface area (Å²) in [5.74, 6) is 0.129. The van der Waals surface area contributed by atoms with Gasteiger partial charge >= 0.3 is 0 Å². The molecule has 0 unspecified atom stereocenters. The third-order valence-corrected chi connectivity index (χ3v) is 8.63. The zero-order valence-corrected chi connectivity index (χ0v) is 18.9. The third-order valence-electron chi connectivity index (χ3n) is 5.30. The monoisotopic (exact) mass is 485 g/mol. The minimum atomic E-state index is -3.90. The SMILES string of the molecule is O=S(=O)(NCCS(=O)(=O)N1CCN(c2ccc(F)cc2)CC1)c1ccc2c(c1)OCCO2. The van der Waals surface area contributed by atoms with Gasteiger partial charge in [-0.3, -0.25) is 0 Å². The highest BCUT2D eigenvalue weighted by atomic mass is 32.2. The Kier molecular flexibility index (Phi) is 6.56. The van der Waals surface area contributed by atoms with Gasteiger partial charge in [-0.05, 0) is 36.4 Å². The molecule has 4 rings (SSSR count). The second-order valence-corrected chi connectivity index (χ2v) is 11.2. The van der Waals surface area contributed by atoms with Crippen molar-refractivity contribution in [3.05, 3.63) is 48.3 Å². The molecule has 2 aromatic carbocycles. The third kappa shape index (κ3) is 5.14. The molecule has 0 aliphatic carbocycles. The van der Waals surface area contributed by atoms with Gasteiger partial charge in [0.15, 0.2) is 11.5 Å². The number of halogens is 1. The van der Waals surface area contributed by atoms with Crippen LogP contribution in [0.1, 0.15) is 0 Å². The van der Waals surface area contributed by atoms with E-state index in [-0.39, 0.29) is 36.1 Å². The van der Waals surface area contributed by atoms with E-state index >= 15 is 0 Å². The Morgan fingerprint density at radius 1 is 0.875 bits per heavy atom. The van der Waals surface area contributed by atoms with Crippen LogP contribution >= 0.6 is 0 Å². The minimum absolute atomic E-state index is 0.0212. The molecule has 0 aromatic heterocycles. The van der Waals surface area contributed by atoms with Gasteiger partial charge in [-0.1, -0.05) is 0 Å². The number of ether oxygens (including phenoxy) is 2. The summed E-state index contributed by atoms with van der Waals surface area (Å²) >= 11 is 0. The number of fused-ring (bicyclic) bond motifs is 1. The average molecular weight is 486 g/mol. The molecule has 174 valence electrons. The Labute approximate surface area is 186 Å². The first-order valence-electron chi connectivity index (χ1n) is 10.1. The smallest absolute Gasteiger partial charge is 0.240 e. The van der Waals surface area contributed by atoms with Crippen molar-refractivity contribution >= 4 is 25.7 Å². The van der Waals surface area contributed by atoms with Crippen LogP contribution in [0.4, 0.5) is 10.1 Å². The molecule has 9 nitrogen and oxygen atoms in total. The topological polar surface area (TPSA) is 105 Å². The predicted octanol–water partition coefficient (Wildman–Crippen LogP) is 1.03. The van der Waals surface area contributed by atoms with Crippen molar-refractivity contribution in [2.24, 2.45) is 0 Å². The molecule has 0 amide bonds. The summed E-state index contributed by atoms with van der Waals surface area (Å²) in [5.41, 5.74) is 0.829. The van der Waals surface area contributed by atoms with Crippen LogP contribution in [0.3, 0.4) is 0 Å². The minimum Gasteiger partial charge on any atom is -0.486 e. The fraction of sp³-hybridized carbons (Fsp3) is 0.400. The van der Waals surface area contributed by atoms with Crippen LogP contribution in [-0.4, -0.2) is 72.8 Å². The van der Waals surface area contributed by atoms with E-state index in [2.05, 4.69) is 4.72 Å². The highest BCUT2D eigenvalue weighted by Crippen LogP contribution is 2.32. The van der Waals surface area contributed by atoms with Gasteiger partial charge in [0.25, 0.3) is 0 Å². The maximum atomic E-state index is 13.1. The van der Waals surface area contributed by atoms with E-state index < -0.39 is 20.0 Å². The van der Waals surface area contributed by atoms with Crippen LogP contribution in [-0.2, 0) is 20.0 Å². The van der Waals surface area contributed by atoms with Crippen LogP contribution in [0.5, 0.6) is 11.5 Å². The molecule has 1 saturated heterocycles. The molecule has 0 spiro atoms. The normalized spacial score (nSPS) is 17.3. The predicted molar refractivity (Wildman–Crippen MR) is 117 cm³/mol. The van der Waals surface area contributed by atoms with Gasteiger partial charge in [0.05, 0.1) is 10.6 Å². The molecule has 12 heteroatoms. The summed E-state index contributed by atoms with van der Waals surface area (Å²) in [6, 6.07) is 10.3. The van der Waals surface area contributed by atoms with Gasteiger partial charge in [-0.2, -0.15) is 4.31 Å². The first-order valence-corrected chi connectivity index (χ1v) is 13.2. The standard InChI is InChI=1S/C20H24FN3O6S2/c21-16-1-3-17(4-2-16)23-8-10-24(11-9-23)31(25,26)14-7-22-32(27,28)18-5-6-19-20(15-18)30-13-12-29-19/h1-6,15,22H,7-14H2. The van der Waals surface area contributed by atoms with Gasteiger partial charge in [0.1, 0.15) is 19.0 Å². The number of sulfonamides is 2. The maximum Gasteiger partial charge on any atom is 0.240 e. The van der Waals surface area contributed by atoms with Gasteiger partial charge in [-0.25, -0.2) is 25.9 Å². The second kappa shape index (κ2) is 9.22. The molecule has 0 bridgehead atoms. The fourth-order valence-electron chi connectivity index (χ4n) is 3.58. The lowest BCUT2D eigenvalue weighted by atomic mass is 10.2. The second-order valence-electron chi connectivity index (χ2n) is 7.38. The molecular formula is C20H24FN3O6S2. The maximum absolute atomic E-state index is 13.1. The molecule has 32 heavy (non-hydrogen) atoms. The Morgan fingerprint density at radius 2 is 1.53 bits per heavy atom. The van der Waals surface area contributed by atoms with Crippen LogP contribution in [0.25, 0.3) is 0 Å². The molecule has 2 heterocycles. The van der Waals surface area contributed by atoms with Crippen LogP contribution in [0.2, 0.25) is 0 Å². The highest BCUT2D eigenvalue weighted by molar-refractivity contribution is 7.90. The van der Waals surface area contributed by atoms with E-state index in [1.807, 2.05) is 4.90 Å². The molecule has 2 aromatic rings. The first kappa shape index (κ1) is 22.8. The van der Waals surface area contributed by atoms with Crippen LogP contribution in [0, 0.1) is 5.82 Å². The molecular weight excluding hydrogens is 461 g/mol. The highest BCUT2D eigenvalue weighted by Gasteiger charge is 2.28. The van der Waals surface area contributed by atoms with Gasteiger partial charge < -0.3 is 14.4 Å². The van der Waals surface area contributed by atoms with Gasteiger partial charge in [0.2, 0.25) is 20.0 Å². The number of piperazine rings is 1. The summed E-state index contributed by atoms with van der Waals surface area (Å²) < 4.78 is 78.0. The molecule has 1 N–H and O–H groups in total. The van der Waals surface area contributed by atoms with Crippen LogP contribution < -0.4 is 19.1 Å². The van der Waals surface area contributed by atoms with Crippen LogP contribution in [0.15, 0.2) is 47.4 Å². The Balaban J connectivity index is 1.31. The molecule has 0 radical (unpaired) electrons. The quantitative estimate of drug-likeness (QED) is 0.625. The average Bonchev–Trinajstić information content (AvgIpc) is 2.79. The van der Waals surface area contributed by atoms with Crippen molar-refractivity contribution in [2.75, 3.05) is 56.6 Å². The van der Waals surface area contributed by atoms with Crippen molar-refractivity contribution in [2.45, 2.75) is 4.90 Å². The number of hydrogen-bond donors (Lipinski definition) is 1. The van der Waals surface area contributed by atoms with E-state index in [0.717, 1.165) is 5.69 Å². The Bertz CT molecular complexity index is 1160. The summed E-state index contributed by atoms with van der Waals surface area (Å²) in [4.78, 5) is 1.96. The largest absolute Gasteiger partial charge is 0.486 e. The van der Waals surface area contributed by atoms with Crippen molar-refractivity contribution in [3.63, 3.8) is 0 Å². The van der Waals surface area contributed by atoms with Gasteiger partial charge in [0, 0.05) is 44.5 Å². The van der Waals surface area contributed by atoms with Gasteiger partial charge in [-0.15, -0.1) is 0 Å². The number of rotatable bonds is 7. The lowest BCUT2D eigenvalue weighted by molar-refractivity contribution is 0.171. The van der Waals surface area contributed by atoms with Crippen molar-refractivity contribution in [1.82, 2.24) is 9.03 Å². The van der Waals surface area contributed by atoms with E-state index in [1.54, 1.807) is 12.1 Å². The summed E-state index contributed by atoms with van der Waals surface area (Å²) in [6.07, 6.45) is 0. The van der Waals surface area contributed by atoms with E-state index in [4.69, 9.17) is 9.47 Å². The summed E-state index contributed by atoms with van der Waals surface area (Å²) in [7, 11) is -7.54. The van der Waals surface area contributed by atoms with E-state index in [0.29, 0.717) is 37.8 Å². The van der Waals surface area contributed by atoms with E-state index in [9.17, 15) is 21.2 Å². The molecule has 0 atom stereocenters. The number of nitrogens with one attached hydrogen (secondary N) is 1. The van der Waals surface area contributed by atoms with Crippen molar-refractivity contribution in [3.8, 4) is 11.5 Å². The molecule has 2 aliphatic rings. The number of benzene rings is 2. The zero-order chi connectivity index (χ0) is 22.8. The number of hydrogen-bond acceptors (Lipinski definition) is 7. The van der Waals surface area contributed by atoms with Crippen molar-refractivity contribution in [1.29, 1.82) is 0 Å². The molecule has 0 saturated carbocycles. The zero-order valence-electron chi connectivity index (χ0n) is 17.2. The lowest BCUT2D eigenvalue weighted by Gasteiger charge is -2.35. The van der Waals surface area contributed by atoms with E-state index in [1.165, 1.54) is 34.6 Å².